The van der Waals surface area contributed by atoms with Crippen molar-refractivity contribution >= 4 is 0 Å². The van der Waals surface area contributed by atoms with Gasteiger partial charge in [-0.2, -0.15) is 0 Å². The van der Waals surface area contributed by atoms with Crippen LogP contribution in [0, 0.1) is 5.82 Å². The first kappa shape index (κ1) is 16.0. The molecule has 0 spiro atoms. The lowest BCUT2D eigenvalue weighted by Gasteiger charge is -2.24. The molecule has 1 aromatic carbocycles. The first-order chi connectivity index (χ1) is 9.08. The summed E-state index contributed by atoms with van der Waals surface area (Å²) < 4.78 is 13.0. The van der Waals surface area contributed by atoms with Crippen LogP contribution >= 0.6 is 0 Å². The Labute approximate surface area is 116 Å². The minimum atomic E-state index is -0.399. The van der Waals surface area contributed by atoms with Gasteiger partial charge < -0.3 is 10.4 Å². The summed E-state index contributed by atoms with van der Waals surface area (Å²) in [6, 6.07) is 4.73. The van der Waals surface area contributed by atoms with E-state index in [0.29, 0.717) is 6.04 Å². The van der Waals surface area contributed by atoms with Gasteiger partial charge >= 0.3 is 0 Å². The fraction of sp³-hybridized carbons (Fsp3) is 0.625. The highest BCUT2D eigenvalue weighted by Crippen LogP contribution is 2.25. The zero-order valence-corrected chi connectivity index (χ0v) is 12.2. The molecule has 108 valence electrons. The van der Waals surface area contributed by atoms with Gasteiger partial charge in [-0.3, -0.25) is 0 Å². The van der Waals surface area contributed by atoms with Crippen LogP contribution in [0.25, 0.3) is 0 Å². The molecule has 0 aromatic heterocycles. The van der Waals surface area contributed by atoms with Crippen molar-refractivity contribution < 1.29 is 9.50 Å². The molecule has 2 N–H and O–H groups in total. The first-order valence-corrected chi connectivity index (χ1v) is 7.32. The van der Waals surface area contributed by atoms with Crippen LogP contribution in [-0.4, -0.2) is 11.1 Å². The Hall–Kier alpha value is -1.09. The van der Waals surface area contributed by atoms with E-state index in [1.165, 1.54) is 25.0 Å². The van der Waals surface area contributed by atoms with Crippen LogP contribution < -0.4 is 5.32 Å². The maximum Gasteiger partial charge on any atom is 0.126 e. The summed E-state index contributed by atoms with van der Waals surface area (Å²) in [6.07, 6.45) is 5.82. The van der Waals surface area contributed by atoms with Crippen LogP contribution in [0.4, 0.5) is 4.39 Å². The molecule has 19 heavy (non-hydrogen) atoms. The predicted molar refractivity (Wildman–Crippen MR) is 77.8 cm³/mol. The zero-order valence-electron chi connectivity index (χ0n) is 12.2. The molecule has 0 amide bonds. The Morgan fingerprint density at radius 1 is 1.21 bits per heavy atom. The molecule has 0 aliphatic rings. The highest BCUT2D eigenvalue weighted by atomic mass is 19.1. The van der Waals surface area contributed by atoms with E-state index in [2.05, 4.69) is 19.2 Å². The number of phenolic OH excluding ortho intramolecular Hbond substituents is 1. The quantitative estimate of drug-likeness (QED) is 0.724. The van der Waals surface area contributed by atoms with Crippen LogP contribution in [0.3, 0.4) is 0 Å². The van der Waals surface area contributed by atoms with E-state index in [9.17, 15) is 9.50 Å². The van der Waals surface area contributed by atoms with Crippen molar-refractivity contribution in [1.82, 2.24) is 5.32 Å². The molecule has 0 heterocycles. The molecule has 0 aliphatic carbocycles. The molecule has 2 nitrogen and oxygen atoms in total. The van der Waals surface area contributed by atoms with E-state index in [0.717, 1.165) is 24.8 Å². The summed E-state index contributed by atoms with van der Waals surface area (Å²) >= 11 is 0. The van der Waals surface area contributed by atoms with Gasteiger partial charge in [0, 0.05) is 23.7 Å². The average Bonchev–Trinajstić information content (AvgIpc) is 2.36. The molecular formula is C16H26FNO. The third kappa shape index (κ3) is 5.19. The van der Waals surface area contributed by atoms with Crippen molar-refractivity contribution in [3.63, 3.8) is 0 Å². The Morgan fingerprint density at radius 3 is 2.53 bits per heavy atom. The van der Waals surface area contributed by atoms with Gasteiger partial charge in [0.15, 0.2) is 0 Å². The van der Waals surface area contributed by atoms with Gasteiger partial charge in [0.1, 0.15) is 11.6 Å². The monoisotopic (exact) mass is 267 g/mol. The Balaban J connectivity index is 2.66. The van der Waals surface area contributed by atoms with Crippen molar-refractivity contribution in [2.75, 3.05) is 0 Å². The molecule has 2 atom stereocenters. The number of hydrogen-bond donors (Lipinski definition) is 2. The normalized spacial score (nSPS) is 14.3. The van der Waals surface area contributed by atoms with E-state index in [4.69, 9.17) is 0 Å². The van der Waals surface area contributed by atoms with E-state index in [1.807, 2.05) is 6.92 Å². The highest BCUT2D eigenvalue weighted by molar-refractivity contribution is 5.34. The maximum atomic E-state index is 13.0. The van der Waals surface area contributed by atoms with E-state index in [1.54, 1.807) is 6.07 Å². The highest BCUT2D eigenvalue weighted by Gasteiger charge is 2.15. The van der Waals surface area contributed by atoms with Gasteiger partial charge in [-0.25, -0.2) is 4.39 Å². The maximum absolute atomic E-state index is 13.0. The van der Waals surface area contributed by atoms with Crippen LogP contribution in [0.1, 0.15) is 64.5 Å². The fourth-order valence-electron chi connectivity index (χ4n) is 2.44. The largest absolute Gasteiger partial charge is 0.508 e. The van der Waals surface area contributed by atoms with E-state index < -0.39 is 5.82 Å². The number of benzene rings is 1. The Bertz CT molecular complexity index is 381. The number of rotatable bonds is 8. The SMILES string of the molecule is CCCCC(CCC)NC(C)c1ccc(F)cc1O. The molecule has 1 aromatic rings. The van der Waals surface area contributed by atoms with Gasteiger partial charge in [0.05, 0.1) is 0 Å². The number of aromatic hydroxyl groups is 1. The minimum Gasteiger partial charge on any atom is -0.508 e. The summed E-state index contributed by atoms with van der Waals surface area (Å²) in [7, 11) is 0. The molecule has 2 unspecified atom stereocenters. The third-order valence-corrected chi connectivity index (χ3v) is 3.49. The first-order valence-electron chi connectivity index (χ1n) is 7.32. The second kappa shape index (κ2) is 8.16. The molecule has 0 fully saturated rings. The lowest BCUT2D eigenvalue weighted by Crippen LogP contribution is -2.31. The molecule has 0 saturated carbocycles. The smallest absolute Gasteiger partial charge is 0.126 e. The summed E-state index contributed by atoms with van der Waals surface area (Å²) in [6.45, 7) is 6.39. The van der Waals surface area contributed by atoms with Crippen molar-refractivity contribution in [2.45, 2.75) is 65.0 Å². The molecule has 0 aliphatic heterocycles. The van der Waals surface area contributed by atoms with Gasteiger partial charge in [-0.1, -0.05) is 39.2 Å². The van der Waals surface area contributed by atoms with Gasteiger partial charge in [0.25, 0.3) is 0 Å². The van der Waals surface area contributed by atoms with Gasteiger partial charge in [-0.15, -0.1) is 0 Å². The second-order valence-corrected chi connectivity index (χ2v) is 5.22. The predicted octanol–water partition coefficient (Wildman–Crippen LogP) is 4.54. The number of hydrogen-bond acceptors (Lipinski definition) is 2. The standard InChI is InChI=1S/C16H26FNO/c1-4-6-8-14(7-5-2)18-12(3)15-10-9-13(17)11-16(15)19/h9-12,14,18-19H,4-8H2,1-3H3. The van der Waals surface area contributed by atoms with E-state index in [-0.39, 0.29) is 11.8 Å². The average molecular weight is 267 g/mol. The van der Waals surface area contributed by atoms with Crippen molar-refractivity contribution in [3.05, 3.63) is 29.6 Å². The van der Waals surface area contributed by atoms with Crippen LogP contribution in [0.15, 0.2) is 18.2 Å². The summed E-state index contributed by atoms with van der Waals surface area (Å²) in [4.78, 5) is 0. The van der Waals surface area contributed by atoms with Gasteiger partial charge in [-0.05, 0) is 25.8 Å². The van der Waals surface area contributed by atoms with Gasteiger partial charge in [0.2, 0.25) is 0 Å². The summed E-state index contributed by atoms with van der Waals surface area (Å²) in [5.74, 6) is -0.365. The van der Waals surface area contributed by atoms with Crippen LogP contribution in [0.5, 0.6) is 5.75 Å². The number of halogens is 1. The zero-order chi connectivity index (χ0) is 14.3. The fourth-order valence-corrected chi connectivity index (χ4v) is 2.44. The number of nitrogens with one attached hydrogen (secondary N) is 1. The Kier molecular flexibility index (Phi) is 6.85. The third-order valence-electron chi connectivity index (χ3n) is 3.49. The van der Waals surface area contributed by atoms with Crippen molar-refractivity contribution in [1.29, 1.82) is 0 Å². The van der Waals surface area contributed by atoms with Crippen molar-refractivity contribution in [2.24, 2.45) is 0 Å². The van der Waals surface area contributed by atoms with E-state index >= 15 is 0 Å². The molecule has 0 saturated heterocycles. The molecule has 0 radical (unpaired) electrons. The minimum absolute atomic E-state index is 0.0331. The Morgan fingerprint density at radius 2 is 1.95 bits per heavy atom. The second-order valence-electron chi connectivity index (χ2n) is 5.22. The topological polar surface area (TPSA) is 32.3 Å². The van der Waals surface area contributed by atoms with Crippen molar-refractivity contribution in [3.8, 4) is 5.75 Å². The van der Waals surface area contributed by atoms with Crippen LogP contribution in [-0.2, 0) is 0 Å². The molecule has 0 bridgehead atoms. The number of phenols is 1. The summed E-state index contributed by atoms with van der Waals surface area (Å²) in [5.41, 5.74) is 0.763. The molecule has 1 rings (SSSR count). The lowest BCUT2D eigenvalue weighted by molar-refractivity contribution is 0.384. The molecule has 3 heteroatoms. The van der Waals surface area contributed by atoms with Crippen LogP contribution in [0.2, 0.25) is 0 Å². The summed E-state index contributed by atoms with van der Waals surface area (Å²) in [5, 5.41) is 13.3. The molecular weight excluding hydrogens is 241 g/mol. The lowest BCUT2D eigenvalue weighted by atomic mass is 10.0. The number of unbranched alkanes of at least 4 members (excludes halogenated alkanes) is 1.